The highest BCUT2D eigenvalue weighted by molar-refractivity contribution is 6.14. The maximum absolute atomic E-state index is 14.4. The van der Waals surface area contributed by atoms with Crippen LogP contribution < -0.4 is 15.4 Å². The van der Waals surface area contributed by atoms with Crippen LogP contribution in [0.1, 0.15) is 12.0 Å². The average molecular weight is 444 g/mol. The topological polar surface area (TPSA) is 58.0 Å². The molecule has 0 saturated carbocycles. The molecular weight excluding hydrogens is 422 g/mol. The molecule has 2 N–H and O–H groups in total. The molecule has 33 heavy (non-hydrogen) atoms. The minimum atomic E-state index is -0.557. The van der Waals surface area contributed by atoms with Gasteiger partial charge in [-0.3, -0.25) is 4.99 Å². The number of rotatable bonds is 4. The van der Waals surface area contributed by atoms with Crippen LogP contribution in [0.4, 0.5) is 20.2 Å². The van der Waals surface area contributed by atoms with E-state index in [1.165, 1.54) is 0 Å². The molecule has 3 aromatic carbocycles. The van der Waals surface area contributed by atoms with Crippen LogP contribution >= 0.6 is 0 Å². The van der Waals surface area contributed by atoms with Gasteiger partial charge in [0.15, 0.2) is 0 Å². The number of hydrogen-bond acceptors (Lipinski definition) is 5. The van der Waals surface area contributed by atoms with Crippen LogP contribution in [0.15, 0.2) is 82.3 Å². The summed E-state index contributed by atoms with van der Waals surface area (Å²) in [5.41, 5.74) is 4.46. The van der Waals surface area contributed by atoms with Crippen molar-refractivity contribution >= 4 is 23.4 Å². The Hall–Kier alpha value is -4.00. The molecule has 0 spiro atoms. The van der Waals surface area contributed by atoms with E-state index in [1.807, 2.05) is 42.5 Å². The van der Waals surface area contributed by atoms with Gasteiger partial charge in [-0.05, 0) is 53.9 Å². The summed E-state index contributed by atoms with van der Waals surface area (Å²) < 4.78 is 33.6. The summed E-state index contributed by atoms with van der Waals surface area (Å²) in [6.45, 7) is 0.750. The molecule has 5 rings (SSSR count). The molecule has 0 amide bonds. The van der Waals surface area contributed by atoms with Gasteiger partial charge in [0.1, 0.15) is 29.4 Å². The van der Waals surface area contributed by atoms with Crippen molar-refractivity contribution in [2.75, 3.05) is 24.3 Å². The molecular formula is C26H22F2N4O. The second kappa shape index (κ2) is 8.86. The van der Waals surface area contributed by atoms with E-state index in [4.69, 9.17) is 9.73 Å². The van der Waals surface area contributed by atoms with Crippen molar-refractivity contribution in [1.82, 2.24) is 0 Å². The van der Waals surface area contributed by atoms with Crippen molar-refractivity contribution < 1.29 is 13.5 Å². The maximum atomic E-state index is 14.4. The van der Waals surface area contributed by atoms with E-state index < -0.39 is 11.6 Å². The van der Waals surface area contributed by atoms with Gasteiger partial charge in [0.25, 0.3) is 0 Å². The van der Waals surface area contributed by atoms with Gasteiger partial charge in [0.05, 0.1) is 12.8 Å². The van der Waals surface area contributed by atoms with E-state index in [0.717, 1.165) is 64.9 Å². The van der Waals surface area contributed by atoms with E-state index in [0.29, 0.717) is 5.84 Å². The summed E-state index contributed by atoms with van der Waals surface area (Å²) in [7, 11) is 1.63. The first-order valence-corrected chi connectivity index (χ1v) is 10.7. The average Bonchev–Trinajstić information content (AvgIpc) is 2.86. The Morgan fingerprint density at radius 1 is 1.03 bits per heavy atom. The molecule has 166 valence electrons. The zero-order chi connectivity index (χ0) is 22.8. The van der Waals surface area contributed by atoms with Gasteiger partial charge in [-0.2, -0.15) is 0 Å². The lowest BCUT2D eigenvalue weighted by atomic mass is 9.99. The van der Waals surface area contributed by atoms with E-state index in [1.54, 1.807) is 13.3 Å². The van der Waals surface area contributed by atoms with E-state index in [-0.39, 0.29) is 11.9 Å². The van der Waals surface area contributed by atoms with Crippen molar-refractivity contribution in [2.45, 2.75) is 12.6 Å². The highest BCUT2D eigenvalue weighted by Gasteiger charge is 2.24. The standard InChI is InChI=1S/C26H22F2N4O/c1-33-20-6-2-4-16(12-20)17-7-10-23-21(13-17)26(31-24-14-19(27)8-9-22(24)28)32-25(30-23)18-5-3-11-29-15-18/h2,4-10,12-15,25,30H,3,11H2,1H3,(H,31,32). The van der Waals surface area contributed by atoms with Gasteiger partial charge in [-0.1, -0.05) is 24.3 Å². The number of hydrogen-bond donors (Lipinski definition) is 2. The summed E-state index contributed by atoms with van der Waals surface area (Å²) in [4.78, 5) is 9.15. The Kier molecular flexibility index (Phi) is 5.60. The molecule has 2 heterocycles. The lowest BCUT2D eigenvalue weighted by Gasteiger charge is -2.28. The molecule has 0 radical (unpaired) electrons. The largest absolute Gasteiger partial charge is 0.497 e. The van der Waals surface area contributed by atoms with Crippen LogP contribution in [0.25, 0.3) is 11.1 Å². The number of dihydropyridines is 1. The number of anilines is 2. The molecule has 0 saturated heterocycles. The van der Waals surface area contributed by atoms with Crippen molar-refractivity contribution in [3.8, 4) is 16.9 Å². The lowest BCUT2D eigenvalue weighted by Crippen LogP contribution is -2.32. The molecule has 1 atom stereocenters. The molecule has 1 unspecified atom stereocenters. The highest BCUT2D eigenvalue weighted by atomic mass is 19.1. The monoisotopic (exact) mass is 444 g/mol. The maximum Gasteiger partial charge on any atom is 0.148 e. The Balaban J connectivity index is 1.58. The quantitative estimate of drug-likeness (QED) is 0.547. The highest BCUT2D eigenvalue weighted by Crippen LogP contribution is 2.32. The molecule has 0 aliphatic carbocycles. The molecule has 2 aliphatic heterocycles. The van der Waals surface area contributed by atoms with Crippen molar-refractivity contribution in [3.63, 3.8) is 0 Å². The Labute approximate surface area is 190 Å². The smallest absolute Gasteiger partial charge is 0.148 e. The third kappa shape index (κ3) is 4.35. The normalized spacial score (nSPS) is 16.9. The number of halogens is 2. The minimum absolute atomic E-state index is 0.0263. The minimum Gasteiger partial charge on any atom is -0.497 e. The van der Waals surface area contributed by atoms with E-state index in [2.05, 4.69) is 21.7 Å². The second-order valence-corrected chi connectivity index (χ2v) is 7.79. The molecule has 2 aliphatic rings. The number of methoxy groups -OCH3 is 1. The predicted octanol–water partition coefficient (Wildman–Crippen LogP) is 5.65. The lowest BCUT2D eigenvalue weighted by molar-refractivity contribution is 0.415. The summed E-state index contributed by atoms with van der Waals surface area (Å²) in [5, 5.41) is 6.45. The van der Waals surface area contributed by atoms with E-state index in [9.17, 15) is 8.78 Å². The number of aliphatic imine (C=N–C) groups is 2. The summed E-state index contributed by atoms with van der Waals surface area (Å²) in [5.74, 6) is 0.110. The molecule has 0 bridgehead atoms. The van der Waals surface area contributed by atoms with Crippen molar-refractivity contribution in [1.29, 1.82) is 0 Å². The number of ether oxygens (including phenoxy) is 1. The molecule has 0 fully saturated rings. The van der Waals surface area contributed by atoms with Crippen molar-refractivity contribution in [2.24, 2.45) is 9.98 Å². The summed E-state index contributed by atoms with van der Waals surface area (Å²) in [6.07, 6.45) is 4.34. The number of fused-ring (bicyclic) bond motifs is 1. The predicted molar refractivity (Wildman–Crippen MR) is 128 cm³/mol. The number of nitrogens with one attached hydrogen (secondary N) is 2. The van der Waals surface area contributed by atoms with Crippen LogP contribution in [-0.2, 0) is 0 Å². The summed E-state index contributed by atoms with van der Waals surface area (Å²) >= 11 is 0. The first-order valence-electron chi connectivity index (χ1n) is 10.7. The fourth-order valence-electron chi connectivity index (χ4n) is 3.92. The van der Waals surface area contributed by atoms with Gasteiger partial charge in [0.2, 0.25) is 0 Å². The Morgan fingerprint density at radius 2 is 1.91 bits per heavy atom. The number of amidine groups is 1. The third-order valence-electron chi connectivity index (χ3n) is 5.60. The molecule has 7 heteroatoms. The van der Waals surface area contributed by atoms with Crippen LogP contribution in [-0.4, -0.2) is 31.9 Å². The number of benzene rings is 3. The van der Waals surface area contributed by atoms with Crippen LogP contribution in [0.5, 0.6) is 5.75 Å². The molecule has 3 aromatic rings. The third-order valence-corrected chi connectivity index (χ3v) is 5.60. The SMILES string of the molecule is COc1cccc(-c2ccc3c(c2)C(Nc2cc(F)ccc2F)=NC(C2=CCCN=C2)N3)c1. The van der Waals surface area contributed by atoms with Gasteiger partial charge < -0.3 is 15.4 Å². The first-order chi connectivity index (χ1) is 16.1. The summed E-state index contributed by atoms with van der Waals surface area (Å²) in [6, 6.07) is 17.0. The fraction of sp³-hybridized carbons (Fsp3) is 0.154. The molecule has 0 aromatic heterocycles. The van der Waals surface area contributed by atoms with E-state index >= 15 is 0 Å². The van der Waals surface area contributed by atoms with Crippen molar-refractivity contribution in [3.05, 3.63) is 89.5 Å². The van der Waals surface area contributed by atoms with Gasteiger partial charge in [-0.25, -0.2) is 13.8 Å². The zero-order valence-electron chi connectivity index (χ0n) is 18.0. The second-order valence-electron chi connectivity index (χ2n) is 7.79. The first kappa shape index (κ1) is 20.9. The van der Waals surface area contributed by atoms with Gasteiger partial charge in [0, 0.05) is 35.6 Å². The zero-order valence-corrected chi connectivity index (χ0v) is 18.0. The Bertz CT molecular complexity index is 1300. The van der Waals surface area contributed by atoms with Gasteiger partial charge in [-0.15, -0.1) is 0 Å². The van der Waals surface area contributed by atoms with Crippen LogP contribution in [0, 0.1) is 11.6 Å². The van der Waals surface area contributed by atoms with Gasteiger partial charge >= 0.3 is 0 Å². The van der Waals surface area contributed by atoms with Crippen LogP contribution in [0.2, 0.25) is 0 Å². The Morgan fingerprint density at radius 3 is 2.73 bits per heavy atom. The number of nitrogens with zero attached hydrogens (tertiary/aromatic N) is 2. The van der Waals surface area contributed by atoms with Crippen LogP contribution in [0.3, 0.4) is 0 Å². The fourth-order valence-corrected chi connectivity index (χ4v) is 3.92. The molecule has 5 nitrogen and oxygen atoms in total.